The Labute approximate surface area is 112 Å². The molecule has 0 bridgehead atoms. The topological polar surface area (TPSA) is 148 Å². The molecule has 10 nitrogen and oxygen atoms in total. The number of fused-ring (bicyclic) bond motifs is 1. The van der Waals surface area contributed by atoms with Gasteiger partial charge in [0.25, 0.3) is 0 Å². The summed E-state index contributed by atoms with van der Waals surface area (Å²) in [5, 5.41) is 13.8. The van der Waals surface area contributed by atoms with Crippen molar-refractivity contribution in [2.75, 3.05) is 12.3 Å². The molecule has 0 spiro atoms. The molecule has 0 aromatic carbocycles. The molecule has 1 aliphatic rings. The third-order valence-electron chi connectivity index (χ3n) is 3.25. The van der Waals surface area contributed by atoms with Gasteiger partial charge in [-0.15, -0.1) is 0 Å². The van der Waals surface area contributed by atoms with Crippen molar-refractivity contribution in [1.29, 1.82) is 0 Å². The Morgan fingerprint density at radius 1 is 1.50 bits per heavy atom. The predicted octanol–water partition coefficient (Wildman–Crippen LogP) is 0.367. The van der Waals surface area contributed by atoms with Crippen LogP contribution in [-0.2, 0) is 4.74 Å². The van der Waals surface area contributed by atoms with Crippen molar-refractivity contribution in [3.63, 3.8) is 0 Å². The lowest BCUT2D eigenvalue weighted by Gasteiger charge is -2.33. The standard InChI is InChI=1S/C10H12N8O2/c11-8-6-9(14-3-13-8)18(4-15-6)10-7(19)5(16-17-12)1-2-20-10/h3-5,7,10,19H,1-2H2,(H2,11,13,14). The van der Waals surface area contributed by atoms with E-state index in [1.165, 1.54) is 12.7 Å². The summed E-state index contributed by atoms with van der Waals surface area (Å²) in [5.41, 5.74) is 15.1. The average molecular weight is 276 g/mol. The maximum absolute atomic E-state index is 10.2. The van der Waals surface area contributed by atoms with Crippen LogP contribution in [0.2, 0.25) is 0 Å². The van der Waals surface area contributed by atoms with Gasteiger partial charge in [-0.05, 0) is 12.0 Å². The van der Waals surface area contributed by atoms with Crippen molar-refractivity contribution < 1.29 is 9.84 Å². The summed E-state index contributed by atoms with van der Waals surface area (Å²) < 4.78 is 7.11. The first-order chi connectivity index (χ1) is 9.72. The molecule has 0 radical (unpaired) electrons. The number of nitrogens with two attached hydrogens (primary N) is 1. The van der Waals surface area contributed by atoms with Crippen molar-refractivity contribution in [2.45, 2.75) is 24.8 Å². The molecule has 10 heteroatoms. The minimum atomic E-state index is -0.978. The summed E-state index contributed by atoms with van der Waals surface area (Å²) in [6.45, 7) is 0.367. The monoisotopic (exact) mass is 276 g/mol. The van der Waals surface area contributed by atoms with Crippen molar-refractivity contribution >= 4 is 17.0 Å². The van der Waals surface area contributed by atoms with E-state index in [2.05, 4.69) is 25.0 Å². The van der Waals surface area contributed by atoms with Gasteiger partial charge in [0, 0.05) is 11.5 Å². The fourth-order valence-corrected chi connectivity index (χ4v) is 2.26. The fourth-order valence-electron chi connectivity index (χ4n) is 2.26. The zero-order valence-electron chi connectivity index (χ0n) is 10.4. The van der Waals surface area contributed by atoms with Gasteiger partial charge in [-0.2, -0.15) is 0 Å². The summed E-state index contributed by atoms with van der Waals surface area (Å²) >= 11 is 0. The van der Waals surface area contributed by atoms with Crippen LogP contribution in [0.5, 0.6) is 0 Å². The quantitative estimate of drug-likeness (QED) is 0.459. The zero-order valence-corrected chi connectivity index (χ0v) is 10.4. The average Bonchev–Trinajstić information content (AvgIpc) is 2.87. The molecule has 0 aliphatic carbocycles. The molecular weight excluding hydrogens is 264 g/mol. The lowest BCUT2D eigenvalue weighted by Crippen LogP contribution is -2.40. The van der Waals surface area contributed by atoms with Gasteiger partial charge in [0.2, 0.25) is 0 Å². The second kappa shape index (κ2) is 4.93. The summed E-state index contributed by atoms with van der Waals surface area (Å²) in [4.78, 5) is 14.8. The van der Waals surface area contributed by atoms with E-state index in [9.17, 15) is 5.11 Å². The maximum atomic E-state index is 10.2. The first-order valence-electron chi connectivity index (χ1n) is 5.99. The highest BCUT2D eigenvalue weighted by Gasteiger charge is 2.34. The molecule has 3 atom stereocenters. The highest BCUT2D eigenvalue weighted by Crippen LogP contribution is 2.28. The minimum absolute atomic E-state index is 0.255. The molecule has 0 amide bonds. The van der Waals surface area contributed by atoms with E-state index in [1.54, 1.807) is 4.57 Å². The number of aromatic nitrogens is 4. The third kappa shape index (κ3) is 1.92. The summed E-state index contributed by atoms with van der Waals surface area (Å²) in [6, 6.07) is -0.546. The summed E-state index contributed by atoms with van der Waals surface area (Å²) in [5.74, 6) is 0.255. The number of anilines is 1. The summed E-state index contributed by atoms with van der Waals surface area (Å²) in [6.07, 6.45) is 1.55. The molecule has 3 heterocycles. The third-order valence-corrected chi connectivity index (χ3v) is 3.25. The zero-order chi connectivity index (χ0) is 14.1. The molecule has 3 N–H and O–H groups in total. The molecule has 1 saturated heterocycles. The van der Waals surface area contributed by atoms with Crippen LogP contribution < -0.4 is 5.73 Å². The highest BCUT2D eigenvalue weighted by atomic mass is 16.5. The fraction of sp³-hybridized carbons (Fsp3) is 0.500. The number of hydrogen-bond donors (Lipinski definition) is 2. The van der Waals surface area contributed by atoms with E-state index in [4.69, 9.17) is 16.0 Å². The van der Waals surface area contributed by atoms with E-state index >= 15 is 0 Å². The molecule has 3 rings (SSSR count). The van der Waals surface area contributed by atoms with Gasteiger partial charge < -0.3 is 15.6 Å². The SMILES string of the molecule is [N-]=[N+]=NC1CCOC(n2cnc3c(N)ncnc32)C1O. The van der Waals surface area contributed by atoms with Gasteiger partial charge in [0.05, 0.1) is 12.4 Å². The Balaban J connectivity index is 2.02. The first-order valence-corrected chi connectivity index (χ1v) is 5.99. The van der Waals surface area contributed by atoms with Crippen LogP contribution in [0, 0.1) is 0 Å². The van der Waals surface area contributed by atoms with E-state index in [1.807, 2.05) is 0 Å². The van der Waals surface area contributed by atoms with Crippen molar-refractivity contribution in [2.24, 2.45) is 5.11 Å². The van der Waals surface area contributed by atoms with Gasteiger partial charge in [-0.1, -0.05) is 5.11 Å². The van der Waals surface area contributed by atoms with Crippen molar-refractivity contribution in [3.05, 3.63) is 23.1 Å². The molecular formula is C10H12N8O2. The van der Waals surface area contributed by atoms with Crippen LogP contribution >= 0.6 is 0 Å². The van der Waals surface area contributed by atoms with Gasteiger partial charge in [0.15, 0.2) is 17.7 Å². The van der Waals surface area contributed by atoms with Crippen molar-refractivity contribution in [3.8, 4) is 0 Å². The highest BCUT2D eigenvalue weighted by molar-refractivity contribution is 5.81. The van der Waals surface area contributed by atoms with E-state index in [0.29, 0.717) is 24.2 Å². The summed E-state index contributed by atoms with van der Waals surface area (Å²) in [7, 11) is 0. The van der Waals surface area contributed by atoms with Gasteiger partial charge >= 0.3 is 0 Å². The second-order valence-corrected chi connectivity index (χ2v) is 4.40. The van der Waals surface area contributed by atoms with Crippen molar-refractivity contribution in [1.82, 2.24) is 19.5 Å². The first kappa shape index (κ1) is 12.6. The Hall–Kier alpha value is -2.42. The Morgan fingerprint density at radius 2 is 2.35 bits per heavy atom. The smallest absolute Gasteiger partial charge is 0.167 e. The largest absolute Gasteiger partial charge is 0.388 e. The van der Waals surface area contributed by atoms with E-state index in [0.717, 1.165) is 0 Å². The number of nitrogen functional groups attached to an aromatic ring is 1. The number of ether oxygens (including phenoxy) is 1. The minimum Gasteiger partial charge on any atom is -0.388 e. The maximum Gasteiger partial charge on any atom is 0.167 e. The van der Waals surface area contributed by atoms with Crippen LogP contribution in [0.15, 0.2) is 17.8 Å². The Morgan fingerprint density at radius 3 is 3.15 bits per heavy atom. The molecule has 0 saturated carbocycles. The number of aliphatic hydroxyl groups excluding tert-OH is 1. The lowest BCUT2D eigenvalue weighted by atomic mass is 10.0. The molecule has 104 valence electrons. The number of aliphatic hydroxyl groups is 1. The van der Waals surface area contributed by atoms with Gasteiger partial charge in [-0.3, -0.25) is 4.57 Å². The van der Waals surface area contributed by atoms with Gasteiger partial charge in [0.1, 0.15) is 17.9 Å². The lowest BCUT2D eigenvalue weighted by molar-refractivity contribution is -0.121. The molecule has 2 aromatic heterocycles. The normalized spacial score (nSPS) is 26.4. The predicted molar refractivity (Wildman–Crippen MR) is 68.3 cm³/mol. The molecule has 1 fully saturated rings. The van der Waals surface area contributed by atoms with Crippen LogP contribution in [0.4, 0.5) is 5.82 Å². The van der Waals surface area contributed by atoms with E-state index < -0.39 is 18.4 Å². The van der Waals surface area contributed by atoms with Crippen LogP contribution in [-0.4, -0.2) is 43.4 Å². The number of rotatable bonds is 2. The Bertz CT molecular complexity index is 679. The van der Waals surface area contributed by atoms with Gasteiger partial charge in [-0.25, -0.2) is 15.0 Å². The van der Waals surface area contributed by atoms with Crippen LogP contribution in [0.3, 0.4) is 0 Å². The van der Waals surface area contributed by atoms with E-state index in [-0.39, 0.29) is 5.82 Å². The number of hydrogen-bond acceptors (Lipinski definition) is 7. The molecule has 1 aliphatic heterocycles. The molecule has 2 aromatic rings. The second-order valence-electron chi connectivity index (χ2n) is 4.40. The van der Waals surface area contributed by atoms with Crippen LogP contribution in [0.1, 0.15) is 12.6 Å². The number of imidazole rings is 1. The number of azide groups is 1. The number of nitrogens with zero attached hydrogens (tertiary/aromatic N) is 7. The molecule has 20 heavy (non-hydrogen) atoms. The Kier molecular flexibility index (Phi) is 3.11. The van der Waals surface area contributed by atoms with Crippen LogP contribution in [0.25, 0.3) is 21.6 Å². The molecule has 3 unspecified atom stereocenters.